The van der Waals surface area contributed by atoms with Crippen LogP contribution in [0, 0.1) is 13.8 Å². The SMILES string of the molecule is Cc1cccc(N2CCN(S(=O)(=O)c3ccc(C4CCCCC4)cc3)CC2)c1C. The summed E-state index contributed by atoms with van der Waals surface area (Å²) >= 11 is 0. The van der Waals surface area contributed by atoms with E-state index in [2.05, 4.69) is 36.9 Å². The maximum atomic E-state index is 13.1. The topological polar surface area (TPSA) is 40.6 Å². The highest BCUT2D eigenvalue weighted by Gasteiger charge is 2.29. The first-order valence-electron chi connectivity index (χ1n) is 10.9. The van der Waals surface area contributed by atoms with Gasteiger partial charge in [0.2, 0.25) is 10.0 Å². The molecule has 0 bridgehead atoms. The van der Waals surface area contributed by atoms with Gasteiger partial charge in [0.25, 0.3) is 0 Å². The molecule has 1 aliphatic heterocycles. The predicted molar refractivity (Wildman–Crippen MR) is 119 cm³/mol. The van der Waals surface area contributed by atoms with Crippen LogP contribution in [0.4, 0.5) is 5.69 Å². The molecule has 4 nitrogen and oxygen atoms in total. The van der Waals surface area contributed by atoms with E-state index in [1.807, 2.05) is 24.3 Å². The van der Waals surface area contributed by atoms with Gasteiger partial charge in [-0.1, -0.05) is 43.5 Å². The molecule has 2 aromatic rings. The van der Waals surface area contributed by atoms with Crippen molar-refractivity contribution in [2.24, 2.45) is 0 Å². The monoisotopic (exact) mass is 412 g/mol. The summed E-state index contributed by atoms with van der Waals surface area (Å²) in [6.45, 7) is 6.77. The average Bonchev–Trinajstić information content (AvgIpc) is 2.76. The van der Waals surface area contributed by atoms with E-state index in [0.29, 0.717) is 23.9 Å². The van der Waals surface area contributed by atoms with E-state index in [1.54, 1.807) is 4.31 Å². The van der Waals surface area contributed by atoms with Gasteiger partial charge in [0.15, 0.2) is 0 Å². The molecule has 0 N–H and O–H groups in total. The molecule has 5 heteroatoms. The summed E-state index contributed by atoms with van der Waals surface area (Å²) in [6, 6.07) is 14.0. The number of hydrogen-bond acceptors (Lipinski definition) is 3. The van der Waals surface area contributed by atoms with E-state index < -0.39 is 10.0 Å². The molecule has 0 unspecified atom stereocenters. The fourth-order valence-corrected chi connectivity index (χ4v) is 6.17. The van der Waals surface area contributed by atoms with E-state index in [-0.39, 0.29) is 0 Å². The minimum atomic E-state index is -3.43. The number of nitrogens with zero attached hydrogens (tertiary/aromatic N) is 2. The van der Waals surface area contributed by atoms with Gasteiger partial charge in [-0.15, -0.1) is 0 Å². The number of piperazine rings is 1. The summed E-state index contributed by atoms with van der Waals surface area (Å²) in [7, 11) is -3.43. The number of benzene rings is 2. The van der Waals surface area contributed by atoms with E-state index >= 15 is 0 Å². The van der Waals surface area contributed by atoms with Gasteiger partial charge in [-0.3, -0.25) is 0 Å². The third-order valence-electron chi connectivity index (χ3n) is 6.75. The molecule has 0 amide bonds. The Hall–Kier alpha value is -1.85. The first-order valence-corrected chi connectivity index (χ1v) is 12.3. The molecule has 2 fully saturated rings. The number of anilines is 1. The van der Waals surface area contributed by atoms with Crippen molar-refractivity contribution in [3.63, 3.8) is 0 Å². The molecular weight excluding hydrogens is 380 g/mol. The molecular formula is C24H32N2O2S. The standard InChI is InChI=1S/C24H32N2O2S/c1-19-7-6-10-24(20(19)2)25-15-17-26(18-16-25)29(27,28)23-13-11-22(12-14-23)21-8-4-3-5-9-21/h6-7,10-14,21H,3-5,8-9,15-18H2,1-2H3. The Bertz CT molecular complexity index is 939. The zero-order valence-electron chi connectivity index (χ0n) is 17.6. The lowest BCUT2D eigenvalue weighted by Crippen LogP contribution is -2.48. The van der Waals surface area contributed by atoms with Crippen LogP contribution in [0.15, 0.2) is 47.4 Å². The van der Waals surface area contributed by atoms with Crippen LogP contribution in [0.1, 0.15) is 54.7 Å². The summed E-state index contributed by atoms with van der Waals surface area (Å²) in [5.41, 5.74) is 5.07. The van der Waals surface area contributed by atoms with Crippen LogP contribution < -0.4 is 4.90 Å². The van der Waals surface area contributed by atoms with Crippen molar-refractivity contribution in [3.8, 4) is 0 Å². The van der Waals surface area contributed by atoms with Gasteiger partial charge < -0.3 is 4.90 Å². The number of sulfonamides is 1. The van der Waals surface area contributed by atoms with Gasteiger partial charge >= 0.3 is 0 Å². The van der Waals surface area contributed by atoms with E-state index in [0.717, 1.165) is 13.1 Å². The molecule has 2 aliphatic rings. The van der Waals surface area contributed by atoms with Crippen LogP contribution in [-0.4, -0.2) is 38.9 Å². The predicted octanol–water partition coefficient (Wildman–Crippen LogP) is 4.86. The first kappa shape index (κ1) is 20.4. The van der Waals surface area contributed by atoms with Crippen LogP contribution >= 0.6 is 0 Å². The fourth-order valence-electron chi connectivity index (χ4n) is 4.74. The average molecular weight is 413 g/mol. The fraction of sp³-hybridized carbons (Fsp3) is 0.500. The van der Waals surface area contributed by atoms with Crippen molar-refractivity contribution in [2.45, 2.75) is 56.8 Å². The van der Waals surface area contributed by atoms with Crippen LogP contribution in [0.25, 0.3) is 0 Å². The van der Waals surface area contributed by atoms with Crippen molar-refractivity contribution >= 4 is 15.7 Å². The van der Waals surface area contributed by atoms with Gasteiger partial charge in [0.05, 0.1) is 4.90 Å². The minimum absolute atomic E-state index is 0.428. The Balaban J connectivity index is 1.44. The molecule has 4 rings (SSSR count). The second-order valence-electron chi connectivity index (χ2n) is 8.51. The third-order valence-corrected chi connectivity index (χ3v) is 8.66. The second kappa shape index (κ2) is 8.49. The number of rotatable bonds is 4. The van der Waals surface area contributed by atoms with Crippen LogP contribution in [-0.2, 0) is 10.0 Å². The molecule has 0 atom stereocenters. The van der Waals surface area contributed by atoms with Gasteiger partial charge in [-0.05, 0) is 67.5 Å². The highest BCUT2D eigenvalue weighted by atomic mass is 32.2. The lowest BCUT2D eigenvalue weighted by molar-refractivity contribution is 0.384. The maximum Gasteiger partial charge on any atom is 0.243 e. The summed E-state index contributed by atoms with van der Waals surface area (Å²) in [4.78, 5) is 2.73. The zero-order chi connectivity index (χ0) is 20.4. The molecule has 1 aliphatic carbocycles. The summed E-state index contributed by atoms with van der Waals surface area (Å²) < 4.78 is 27.9. The number of aryl methyl sites for hydroxylation is 1. The highest BCUT2D eigenvalue weighted by Crippen LogP contribution is 2.33. The van der Waals surface area contributed by atoms with Gasteiger partial charge in [0.1, 0.15) is 0 Å². The minimum Gasteiger partial charge on any atom is -0.369 e. The molecule has 156 valence electrons. The third kappa shape index (κ3) is 4.22. The van der Waals surface area contributed by atoms with Gasteiger partial charge in [-0.25, -0.2) is 8.42 Å². The van der Waals surface area contributed by atoms with Crippen LogP contribution in [0.5, 0.6) is 0 Å². The maximum absolute atomic E-state index is 13.1. The molecule has 1 heterocycles. The lowest BCUT2D eigenvalue weighted by Gasteiger charge is -2.36. The molecule has 1 saturated carbocycles. The van der Waals surface area contributed by atoms with E-state index in [4.69, 9.17) is 0 Å². The van der Waals surface area contributed by atoms with Crippen molar-refractivity contribution in [1.82, 2.24) is 4.31 Å². The largest absolute Gasteiger partial charge is 0.369 e. The van der Waals surface area contributed by atoms with Crippen molar-refractivity contribution in [3.05, 3.63) is 59.2 Å². The Morgan fingerprint density at radius 3 is 2.14 bits per heavy atom. The lowest BCUT2D eigenvalue weighted by atomic mass is 9.84. The molecule has 29 heavy (non-hydrogen) atoms. The molecule has 0 aromatic heterocycles. The Morgan fingerprint density at radius 1 is 0.828 bits per heavy atom. The van der Waals surface area contributed by atoms with E-state index in [1.165, 1.54) is 54.5 Å². The van der Waals surface area contributed by atoms with Gasteiger partial charge in [-0.2, -0.15) is 4.31 Å². The number of hydrogen-bond donors (Lipinski definition) is 0. The quantitative estimate of drug-likeness (QED) is 0.720. The van der Waals surface area contributed by atoms with Gasteiger partial charge in [0, 0.05) is 31.9 Å². The van der Waals surface area contributed by atoms with Crippen molar-refractivity contribution in [2.75, 3.05) is 31.1 Å². The smallest absolute Gasteiger partial charge is 0.243 e. The summed E-state index contributed by atoms with van der Waals surface area (Å²) in [5.74, 6) is 0.599. The first-order chi connectivity index (χ1) is 14.0. The Labute approximate surface area is 175 Å². The van der Waals surface area contributed by atoms with Crippen LogP contribution in [0.3, 0.4) is 0 Å². The molecule has 0 radical (unpaired) electrons. The normalized spacial score (nSPS) is 19.4. The molecule has 1 saturated heterocycles. The van der Waals surface area contributed by atoms with Crippen molar-refractivity contribution in [1.29, 1.82) is 0 Å². The Kier molecular flexibility index (Phi) is 5.98. The summed E-state index contributed by atoms with van der Waals surface area (Å²) in [6.07, 6.45) is 6.36. The molecule has 2 aromatic carbocycles. The highest BCUT2D eigenvalue weighted by molar-refractivity contribution is 7.89. The second-order valence-corrected chi connectivity index (χ2v) is 10.5. The zero-order valence-corrected chi connectivity index (χ0v) is 18.4. The van der Waals surface area contributed by atoms with E-state index in [9.17, 15) is 8.42 Å². The van der Waals surface area contributed by atoms with Crippen LogP contribution in [0.2, 0.25) is 0 Å². The van der Waals surface area contributed by atoms with Crippen molar-refractivity contribution < 1.29 is 8.42 Å². The molecule has 0 spiro atoms. The Morgan fingerprint density at radius 2 is 1.48 bits per heavy atom. The summed E-state index contributed by atoms with van der Waals surface area (Å²) in [5, 5.41) is 0.